The third-order valence-electron chi connectivity index (χ3n) is 6.35. The van der Waals surface area contributed by atoms with Gasteiger partial charge in [0.15, 0.2) is 0 Å². The largest absolute Gasteiger partial charge is 0.337 e. The second-order valence-corrected chi connectivity index (χ2v) is 8.65. The summed E-state index contributed by atoms with van der Waals surface area (Å²) in [5.41, 5.74) is 2.20. The van der Waals surface area contributed by atoms with Crippen LogP contribution in [0.25, 0.3) is 17.2 Å². The number of benzene rings is 1. The number of aromatic nitrogens is 4. The topological polar surface area (TPSA) is 67.2 Å². The normalized spacial score (nSPS) is 16.2. The van der Waals surface area contributed by atoms with Gasteiger partial charge in [-0.2, -0.15) is 5.10 Å². The van der Waals surface area contributed by atoms with E-state index in [1.165, 1.54) is 6.07 Å². The number of carbonyl (C=O) groups is 1. The van der Waals surface area contributed by atoms with Gasteiger partial charge in [-0.3, -0.25) is 9.69 Å². The number of nitrogens with zero attached hydrogens (tertiary/aromatic N) is 6. The van der Waals surface area contributed by atoms with E-state index in [1.807, 2.05) is 18.7 Å². The Bertz CT molecular complexity index is 1120. The van der Waals surface area contributed by atoms with Crippen molar-refractivity contribution < 1.29 is 9.18 Å². The van der Waals surface area contributed by atoms with Crippen LogP contribution in [0.5, 0.6) is 0 Å². The minimum absolute atomic E-state index is 0.00938. The number of halogens is 1. The number of likely N-dealkylation sites (tertiary alicyclic amines) is 1. The summed E-state index contributed by atoms with van der Waals surface area (Å²) in [7, 11) is 0. The lowest BCUT2D eigenvalue weighted by Gasteiger charge is -2.26. The predicted molar refractivity (Wildman–Crippen MR) is 126 cm³/mol. The van der Waals surface area contributed by atoms with E-state index in [-0.39, 0.29) is 17.6 Å². The Kier molecular flexibility index (Phi) is 6.83. The molecule has 7 nitrogen and oxygen atoms in total. The molecule has 1 unspecified atom stereocenters. The van der Waals surface area contributed by atoms with E-state index in [9.17, 15) is 9.18 Å². The molecule has 0 saturated carbocycles. The smallest absolute Gasteiger partial charge is 0.257 e. The third-order valence-corrected chi connectivity index (χ3v) is 6.35. The van der Waals surface area contributed by atoms with E-state index in [2.05, 4.69) is 33.8 Å². The molecule has 1 atom stereocenters. The van der Waals surface area contributed by atoms with Crippen LogP contribution >= 0.6 is 0 Å². The second kappa shape index (κ2) is 9.79. The van der Waals surface area contributed by atoms with Crippen molar-refractivity contribution in [2.24, 2.45) is 0 Å². The molecule has 0 aliphatic carbocycles. The highest BCUT2D eigenvalue weighted by atomic mass is 19.1. The van der Waals surface area contributed by atoms with Gasteiger partial charge in [0.1, 0.15) is 5.82 Å². The summed E-state index contributed by atoms with van der Waals surface area (Å²) in [4.78, 5) is 26.7. The van der Waals surface area contributed by atoms with Crippen molar-refractivity contribution in [3.8, 4) is 17.2 Å². The molecular formula is C25H31FN6O. The molecule has 1 aliphatic heterocycles. The Morgan fingerprint density at radius 3 is 2.67 bits per heavy atom. The van der Waals surface area contributed by atoms with Crippen LogP contribution in [-0.2, 0) is 0 Å². The van der Waals surface area contributed by atoms with Crippen molar-refractivity contribution in [1.29, 1.82) is 0 Å². The maximum atomic E-state index is 14.3. The SMILES string of the molecule is CCN(CC)C1CCN(C(=O)c2cnn(-c3nccc(-c4ccccc4F)n3)c2C(C)C)C1. The first-order chi connectivity index (χ1) is 15.9. The van der Waals surface area contributed by atoms with Crippen LogP contribution in [0.4, 0.5) is 4.39 Å². The van der Waals surface area contributed by atoms with Crippen LogP contribution in [0.1, 0.15) is 56.1 Å². The van der Waals surface area contributed by atoms with Gasteiger partial charge in [-0.15, -0.1) is 0 Å². The number of amides is 1. The van der Waals surface area contributed by atoms with Crippen LogP contribution in [0.2, 0.25) is 0 Å². The molecule has 0 radical (unpaired) electrons. The third kappa shape index (κ3) is 4.53. The predicted octanol–water partition coefficient (Wildman–Crippen LogP) is 4.15. The average molecular weight is 451 g/mol. The monoisotopic (exact) mass is 450 g/mol. The van der Waals surface area contributed by atoms with Crippen molar-refractivity contribution >= 4 is 5.91 Å². The summed E-state index contributed by atoms with van der Waals surface area (Å²) in [5.74, 6) is -0.0153. The highest BCUT2D eigenvalue weighted by molar-refractivity contribution is 5.95. The average Bonchev–Trinajstić information content (AvgIpc) is 3.48. The van der Waals surface area contributed by atoms with Crippen molar-refractivity contribution in [1.82, 2.24) is 29.5 Å². The number of likely N-dealkylation sites (N-methyl/N-ethyl adjacent to an activating group) is 1. The first kappa shape index (κ1) is 23.0. The Morgan fingerprint density at radius 1 is 1.21 bits per heavy atom. The van der Waals surface area contributed by atoms with Gasteiger partial charge < -0.3 is 4.90 Å². The fourth-order valence-electron chi connectivity index (χ4n) is 4.64. The van der Waals surface area contributed by atoms with E-state index in [0.29, 0.717) is 28.8 Å². The zero-order valence-corrected chi connectivity index (χ0v) is 19.7. The molecule has 4 rings (SSSR count). The van der Waals surface area contributed by atoms with E-state index >= 15 is 0 Å². The Morgan fingerprint density at radius 2 is 1.97 bits per heavy atom. The van der Waals surface area contributed by atoms with Crippen LogP contribution in [0.3, 0.4) is 0 Å². The number of hydrogen-bond acceptors (Lipinski definition) is 5. The van der Waals surface area contributed by atoms with Gasteiger partial charge >= 0.3 is 0 Å². The molecule has 1 fully saturated rings. The van der Waals surface area contributed by atoms with Gasteiger partial charge in [0.25, 0.3) is 11.9 Å². The summed E-state index contributed by atoms with van der Waals surface area (Å²) >= 11 is 0. The lowest BCUT2D eigenvalue weighted by molar-refractivity contribution is 0.0776. The summed E-state index contributed by atoms with van der Waals surface area (Å²) in [6.45, 7) is 11.8. The van der Waals surface area contributed by atoms with Crippen LogP contribution in [-0.4, -0.2) is 67.7 Å². The van der Waals surface area contributed by atoms with E-state index < -0.39 is 0 Å². The van der Waals surface area contributed by atoms with E-state index in [1.54, 1.807) is 41.3 Å². The van der Waals surface area contributed by atoms with Gasteiger partial charge in [-0.05, 0) is 43.6 Å². The fraction of sp³-hybridized carbons (Fsp3) is 0.440. The second-order valence-electron chi connectivity index (χ2n) is 8.65. The summed E-state index contributed by atoms with van der Waals surface area (Å²) in [6, 6.07) is 8.57. The summed E-state index contributed by atoms with van der Waals surface area (Å²) < 4.78 is 15.9. The molecule has 1 saturated heterocycles. The zero-order valence-electron chi connectivity index (χ0n) is 19.7. The summed E-state index contributed by atoms with van der Waals surface area (Å²) in [5, 5.41) is 4.48. The van der Waals surface area contributed by atoms with Crippen LogP contribution in [0, 0.1) is 5.82 Å². The van der Waals surface area contributed by atoms with Gasteiger partial charge in [-0.25, -0.2) is 19.0 Å². The molecule has 33 heavy (non-hydrogen) atoms. The molecule has 0 bridgehead atoms. The van der Waals surface area contributed by atoms with Gasteiger partial charge in [-0.1, -0.05) is 39.8 Å². The van der Waals surface area contributed by atoms with Crippen LogP contribution < -0.4 is 0 Å². The van der Waals surface area contributed by atoms with Crippen molar-refractivity contribution in [2.75, 3.05) is 26.2 Å². The highest BCUT2D eigenvalue weighted by Gasteiger charge is 2.32. The van der Waals surface area contributed by atoms with E-state index in [0.717, 1.165) is 38.3 Å². The first-order valence-corrected chi connectivity index (χ1v) is 11.6. The lowest BCUT2D eigenvalue weighted by Crippen LogP contribution is -2.38. The number of rotatable bonds is 7. The quantitative estimate of drug-likeness (QED) is 0.541. The first-order valence-electron chi connectivity index (χ1n) is 11.6. The van der Waals surface area contributed by atoms with Crippen molar-refractivity contribution in [3.63, 3.8) is 0 Å². The highest BCUT2D eigenvalue weighted by Crippen LogP contribution is 2.27. The van der Waals surface area contributed by atoms with Crippen molar-refractivity contribution in [3.05, 3.63) is 59.8 Å². The molecule has 1 aliphatic rings. The zero-order chi connectivity index (χ0) is 23.5. The van der Waals surface area contributed by atoms with Gasteiger partial charge in [0.2, 0.25) is 0 Å². The molecule has 1 amide bonds. The van der Waals surface area contributed by atoms with Gasteiger partial charge in [0, 0.05) is 30.9 Å². The number of hydrogen-bond donors (Lipinski definition) is 0. The minimum Gasteiger partial charge on any atom is -0.337 e. The maximum Gasteiger partial charge on any atom is 0.257 e. The molecule has 174 valence electrons. The number of carbonyl (C=O) groups excluding carboxylic acids is 1. The van der Waals surface area contributed by atoms with Gasteiger partial charge in [0.05, 0.1) is 23.1 Å². The maximum absolute atomic E-state index is 14.3. The molecule has 1 aromatic carbocycles. The summed E-state index contributed by atoms with van der Waals surface area (Å²) in [6.07, 6.45) is 4.18. The standard InChI is InChI=1S/C25H31FN6O/c1-5-30(6-2)18-12-14-31(16-18)24(33)20-15-28-32(23(20)17(3)4)25-27-13-11-22(29-25)19-9-7-8-10-21(19)26/h7-11,13,15,17-18H,5-6,12,14,16H2,1-4H3. The molecular weight excluding hydrogens is 419 g/mol. The Labute approximate surface area is 194 Å². The molecule has 0 spiro atoms. The molecule has 8 heteroatoms. The molecule has 0 N–H and O–H groups in total. The van der Waals surface area contributed by atoms with Crippen molar-refractivity contribution in [2.45, 2.75) is 46.1 Å². The van der Waals surface area contributed by atoms with Crippen LogP contribution in [0.15, 0.2) is 42.7 Å². The molecule has 2 aromatic heterocycles. The Balaban J connectivity index is 1.65. The minimum atomic E-state index is -0.348. The Hall–Kier alpha value is -3.13. The molecule has 3 heterocycles. The fourth-order valence-corrected chi connectivity index (χ4v) is 4.64. The lowest BCUT2D eigenvalue weighted by atomic mass is 10.1. The van der Waals surface area contributed by atoms with E-state index in [4.69, 9.17) is 0 Å². The molecule has 3 aromatic rings.